The fourth-order valence-electron chi connectivity index (χ4n) is 1.78. The number of phenols is 1. The number of carbonyl (C=O) groups is 1. The first kappa shape index (κ1) is 11.2. The summed E-state index contributed by atoms with van der Waals surface area (Å²) >= 11 is 5.68. The fraction of sp³-hybridized carbons (Fsp3) is 0.364. The molecule has 1 atom stereocenters. The second-order valence-corrected chi connectivity index (χ2v) is 4.29. The van der Waals surface area contributed by atoms with Crippen molar-refractivity contribution in [2.75, 3.05) is 13.1 Å². The topological polar surface area (TPSA) is 60.8 Å². The summed E-state index contributed by atoms with van der Waals surface area (Å²) < 4.78 is 0. The highest BCUT2D eigenvalue weighted by atomic mass is 35.5. The SMILES string of the molecule is O=C(c1ccc(Cl)cc1O)N1CC[C@@H](O)C1. The molecule has 1 fully saturated rings. The quantitative estimate of drug-likeness (QED) is 0.778. The number of aromatic hydroxyl groups is 1. The minimum atomic E-state index is -0.460. The van der Waals surface area contributed by atoms with Gasteiger partial charge in [-0.2, -0.15) is 0 Å². The van der Waals surface area contributed by atoms with Crippen molar-refractivity contribution >= 4 is 17.5 Å². The Morgan fingerprint density at radius 1 is 1.50 bits per heavy atom. The number of β-amino-alcohol motifs (C(OH)–C–C–N with tert-alkyl or cyclic N) is 1. The molecule has 0 saturated carbocycles. The molecule has 1 aliphatic heterocycles. The van der Waals surface area contributed by atoms with Gasteiger partial charge in [0.1, 0.15) is 5.75 Å². The third kappa shape index (κ3) is 2.13. The normalized spacial score (nSPS) is 20.1. The van der Waals surface area contributed by atoms with Crippen LogP contribution in [0.3, 0.4) is 0 Å². The molecule has 0 bridgehead atoms. The number of benzene rings is 1. The molecule has 0 radical (unpaired) electrons. The third-order valence-electron chi connectivity index (χ3n) is 2.64. The van der Waals surface area contributed by atoms with Gasteiger partial charge >= 0.3 is 0 Å². The van der Waals surface area contributed by atoms with E-state index in [1.54, 1.807) is 6.07 Å². The zero-order valence-electron chi connectivity index (χ0n) is 8.56. The van der Waals surface area contributed by atoms with Crippen molar-refractivity contribution in [3.05, 3.63) is 28.8 Å². The van der Waals surface area contributed by atoms with Gasteiger partial charge < -0.3 is 15.1 Å². The van der Waals surface area contributed by atoms with E-state index < -0.39 is 6.10 Å². The molecule has 16 heavy (non-hydrogen) atoms. The minimum Gasteiger partial charge on any atom is -0.507 e. The van der Waals surface area contributed by atoms with Gasteiger partial charge in [-0.05, 0) is 24.6 Å². The first-order valence-electron chi connectivity index (χ1n) is 5.04. The molecule has 2 rings (SSSR count). The van der Waals surface area contributed by atoms with Crippen molar-refractivity contribution in [2.45, 2.75) is 12.5 Å². The molecule has 1 heterocycles. The van der Waals surface area contributed by atoms with Gasteiger partial charge in [0.15, 0.2) is 0 Å². The van der Waals surface area contributed by atoms with Crippen molar-refractivity contribution in [2.24, 2.45) is 0 Å². The summed E-state index contributed by atoms with van der Waals surface area (Å²) in [5.41, 5.74) is 0.221. The number of aliphatic hydroxyl groups excluding tert-OH is 1. The van der Waals surface area contributed by atoms with Crippen molar-refractivity contribution in [3.63, 3.8) is 0 Å². The lowest BCUT2D eigenvalue weighted by atomic mass is 10.2. The van der Waals surface area contributed by atoms with Gasteiger partial charge in [-0.25, -0.2) is 0 Å². The van der Waals surface area contributed by atoms with Crippen LogP contribution in [0.4, 0.5) is 0 Å². The van der Waals surface area contributed by atoms with Crippen LogP contribution in [0.15, 0.2) is 18.2 Å². The average Bonchev–Trinajstić information content (AvgIpc) is 2.64. The van der Waals surface area contributed by atoms with E-state index >= 15 is 0 Å². The summed E-state index contributed by atoms with van der Waals surface area (Å²) in [6, 6.07) is 4.38. The molecule has 0 spiro atoms. The van der Waals surface area contributed by atoms with Crippen molar-refractivity contribution < 1.29 is 15.0 Å². The number of halogens is 1. The number of phenolic OH excluding ortho intramolecular Hbond substituents is 1. The van der Waals surface area contributed by atoms with Crippen LogP contribution in [0.1, 0.15) is 16.8 Å². The van der Waals surface area contributed by atoms with Crippen LogP contribution in [-0.4, -0.2) is 40.2 Å². The van der Waals surface area contributed by atoms with Gasteiger partial charge in [0, 0.05) is 18.1 Å². The predicted molar refractivity (Wildman–Crippen MR) is 59.6 cm³/mol. The Hall–Kier alpha value is -1.26. The smallest absolute Gasteiger partial charge is 0.257 e. The highest BCUT2D eigenvalue weighted by Gasteiger charge is 2.26. The largest absolute Gasteiger partial charge is 0.507 e. The van der Waals surface area contributed by atoms with Crippen LogP contribution >= 0.6 is 11.6 Å². The van der Waals surface area contributed by atoms with Crippen molar-refractivity contribution in [1.82, 2.24) is 4.90 Å². The first-order chi connectivity index (χ1) is 7.58. The van der Waals surface area contributed by atoms with E-state index in [-0.39, 0.29) is 17.2 Å². The fourth-order valence-corrected chi connectivity index (χ4v) is 1.95. The third-order valence-corrected chi connectivity index (χ3v) is 2.88. The maximum absolute atomic E-state index is 11.9. The Kier molecular flexibility index (Phi) is 3.03. The lowest BCUT2D eigenvalue weighted by molar-refractivity contribution is 0.0762. The molecule has 0 aliphatic carbocycles. The molecule has 4 nitrogen and oxygen atoms in total. The summed E-state index contributed by atoms with van der Waals surface area (Å²) in [6.45, 7) is 0.836. The second kappa shape index (κ2) is 4.31. The van der Waals surface area contributed by atoms with Gasteiger partial charge in [0.25, 0.3) is 5.91 Å². The highest BCUT2D eigenvalue weighted by Crippen LogP contribution is 2.24. The molecule has 1 aromatic carbocycles. The summed E-state index contributed by atoms with van der Waals surface area (Å²) in [6.07, 6.45) is 0.124. The van der Waals surface area contributed by atoms with Crippen LogP contribution in [-0.2, 0) is 0 Å². The van der Waals surface area contributed by atoms with Gasteiger partial charge in [-0.3, -0.25) is 4.79 Å². The summed E-state index contributed by atoms with van der Waals surface area (Å²) in [4.78, 5) is 13.5. The monoisotopic (exact) mass is 241 g/mol. The van der Waals surface area contributed by atoms with Crippen LogP contribution in [0.25, 0.3) is 0 Å². The number of nitrogens with zero attached hydrogens (tertiary/aromatic N) is 1. The lowest BCUT2D eigenvalue weighted by Gasteiger charge is -2.16. The number of amides is 1. The van der Waals surface area contributed by atoms with E-state index in [1.165, 1.54) is 17.0 Å². The van der Waals surface area contributed by atoms with Crippen LogP contribution < -0.4 is 0 Å². The molecule has 1 saturated heterocycles. The number of hydrogen-bond acceptors (Lipinski definition) is 3. The van der Waals surface area contributed by atoms with Crippen molar-refractivity contribution in [1.29, 1.82) is 0 Å². The van der Waals surface area contributed by atoms with E-state index in [0.717, 1.165) is 0 Å². The van der Waals surface area contributed by atoms with E-state index in [0.29, 0.717) is 24.5 Å². The van der Waals surface area contributed by atoms with Gasteiger partial charge in [0.2, 0.25) is 0 Å². The molecular weight excluding hydrogens is 230 g/mol. The van der Waals surface area contributed by atoms with E-state index in [4.69, 9.17) is 11.6 Å². The molecule has 0 unspecified atom stereocenters. The summed E-state index contributed by atoms with van der Waals surface area (Å²) in [5, 5.41) is 19.3. The Bertz CT molecular complexity index is 422. The Balaban J connectivity index is 2.21. The van der Waals surface area contributed by atoms with Gasteiger partial charge in [-0.1, -0.05) is 11.6 Å². The van der Waals surface area contributed by atoms with Gasteiger partial charge in [-0.15, -0.1) is 0 Å². The zero-order chi connectivity index (χ0) is 11.7. The van der Waals surface area contributed by atoms with Crippen molar-refractivity contribution in [3.8, 4) is 5.75 Å². The number of carbonyl (C=O) groups excluding carboxylic acids is 1. The summed E-state index contributed by atoms with van der Waals surface area (Å²) in [5.74, 6) is -0.399. The molecule has 86 valence electrons. The number of hydrogen-bond donors (Lipinski definition) is 2. The number of likely N-dealkylation sites (tertiary alicyclic amines) is 1. The standard InChI is InChI=1S/C11H12ClNO3/c12-7-1-2-9(10(15)5-7)11(16)13-4-3-8(14)6-13/h1-2,5,8,14-15H,3-4,6H2/t8-/m1/s1. The molecule has 1 amide bonds. The Morgan fingerprint density at radius 3 is 2.81 bits per heavy atom. The first-order valence-corrected chi connectivity index (χ1v) is 5.41. The predicted octanol–water partition coefficient (Wildman–Crippen LogP) is 1.25. The number of rotatable bonds is 1. The highest BCUT2D eigenvalue weighted by molar-refractivity contribution is 6.30. The average molecular weight is 242 g/mol. The van der Waals surface area contributed by atoms with Crippen LogP contribution in [0, 0.1) is 0 Å². The van der Waals surface area contributed by atoms with Crippen LogP contribution in [0.2, 0.25) is 5.02 Å². The molecule has 1 aliphatic rings. The number of aliphatic hydroxyl groups is 1. The zero-order valence-corrected chi connectivity index (χ0v) is 9.31. The molecule has 2 N–H and O–H groups in total. The lowest BCUT2D eigenvalue weighted by Crippen LogP contribution is -2.29. The maximum atomic E-state index is 11.9. The molecule has 1 aromatic rings. The van der Waals surface area contributed by atoms with Crippen LogP contribution in [0.5, 0.6) is 5.75 Å². The van der Waals surface area contributed by atoms with E-state index in [2.05, 4.69) is 0 Å². The minimum absolute atomic E-state index is 0.126. The van der Waals surface area contributed by atoms with E-state index in [1.807, 2.05) is 0 Å². The molecule has 0 aromatic heterocycles. The molecule has 5 heteroatoms. The Labute approximate surface area is 98.1 Å². The maximum Gasteiger partial charge on any atom is 0.257 e. The second-order valence-electron chi connectivity index (χ2n) is 3.86. The molecular formula is C11H12ClNO3. The van der Waals surface area contributed by atoms with E-state index in [9.17, 15) is 15.0 Å². The van der Waals surface area contributed by atoms with Gasteiger partial charge in [0.05, 0.1) is 11.7 Å². The summed E-state index contributed by atoms with van der Waals surface area (Å²) in [7, 11) is 0. The Morgan fingerprint density at radius 2 is 2.25 bits per heavy atom.